The summed E-state index contributed by atoms with van der Waals surface area (Å²) in [5.74, 6) is 0. The Bertz CT molecular complexity index is 2550. The minimum absolute atomic E-state index is 0. The normalized spacial score (nSPS) is 8.05. The van der Waals surface area contributed by atoms with Crippen molar-refractivity contribution in [1.82, 2.24) is 85.0 Å². The van der Waals surface area contributed by atoms with Crippen molar-refractivity contribution < 1.29 is 0 Å². The molecule has 0 unspecified atom stereocenters. The van der Waals surface area contributed by atoms with Crippen LogP contribution in [-0.4, -0.2) is 85.0 Å². The van der Waals surface area contributed by atoms with Crippen molar-refractivity contribution in [3.63, 3.8) is 0 Å². The number of rotatable bonds is 0. The number of nitrogens with one attached hydrogen (secondary N) is 1. The molecule has 84 heavy (non-hydrogen) atoms. The second-order valence-corrected chi connectivity index (χ2v) is 14.0. The molecule has 0 aliphatic rings. The molecule has 14 rings (SSSR count). The molecule has 0 aliphatic carbocycles. The van der Waals surface area contributed by atoms with Crippen LogP contribution in [0.25, 0.3) is 32.7 Å². The van der Waals surface area contributed by atoms with E-state index in [9.17, 15) is 0 Å². The van der Waals surface area contributed by atoms with Gasteiger partial charge in [0.15, 0.2) is 5.65 Å². The van der Waals surface area contributed by atoms with Gasteiger partial charge in [-0.3, -0.25) is 29.9 Å². The third-order valence-electron chi connectivity index (χ3n) is 8.49. The first-order chi connectivity index (χ1) is 38.4. The molecular formula is C67H83N17. The number of aromatic nitrogens is 17. The molecule has 0 amide bonds. The molecule has 0 radical (unpaired) electrons. The van der Waals surface area contributed by atoms with Crippen LogP contribution in [0.2, 0.25) is 0 Å². The van der Waals surface area contributed by atoms with Gasteiger partial charge in [0, 0.05) is 99.1 Å². The van der Waals surface area contributed by atoms with Gasteiger partial charge >= 0.3 is 0 Å². The molecule has 0 saturated carbocycles. The Morgan fingerprint density at radius 1 is 0.214 bits per heavy atom. The zero-order valence-corrected chi connectivity index (χ0v) is 41.8. The lowest BCUT2D eigenvalue weighted by Crippen LogP contribution is -1.76. The van der Waals surface area contributed by atoms with E-state index >= 15 is 0 Å². The van der Waals surface area contributed by atoms with Crippen LogP contribution in [0, 0.1) is 0 Å². The van der Waals surface area contributed by atoms with Crippen LogP contribution < -0.4 is 0 Å². The Balaban J connectivity index is -0.000000418. The molecular weight excluding hydrogens is 1040 g/mol. The Labute approximate surface area is 498 Å². The maximum atomic E-state index is 4.01. The van der Waals surface area contributed by atoms with E-state index in [1.54, 1.807) is 93.0 Å². The van der Waals surface area contributed by atoms with Crippen molar-refractivity contribution in [2.24, 2.45) is 0 Å². The molecule has 0 saturated heterocycles. The first kappa shape index (κ1) is 79.3. The predicted molar refractivity (Wildman–Crippen MR) is 350 cm³/mol. The van der Waals surface area contributed by atoms with E-state index in [4.69, 9.17) is 0 Å². The number of aromatic amines is 1. The highest BCUT2D eigenvalue weighted by atomic mass is 15.1. The summed E-state index contributed by atoms with van der Waals surface area (Å²) in [6.45, 7) is 0. The number of hydrogen-bond acceptors (Lipinski definition) is 16. The fourth-order valence-corrected chi connectivity index (χ4v) is 5.09. The van der Waals surface area contributed by atoms with Gasteiger partial charge in [0.25, 0.3) is 0 Å². The van der Waals surface area contributed by atoms with Crippen LogP contribution in [-0.2, 0) is 0 Å². The molecule has 436 valence electrons. The fraction of sp³-hybridized carbons (Fsp3) is 0.104. The van der Waals surface area contributed by atoms with Gasteiger partial charge in [0.2, 0.25) is 0 Å². The summed E-state index contributed by atoms with van der Waals surface area (Å²) in [7, 11) is 0. The van der Waals surface area contributed by atoms with Crippen molar-refractivity contribution in [2.45, 2.75) is 52.0 Å². The molecule has 17 heteroatoms. The number of pyridine rings is 6. The molecule has 11 heterocycles. The molecule has 0 bridgehead atoms. The zero-order valence-electron chi connectivity index (χ0n) is 41.8. The lowest BCUT2D eigenvalue weighted by molar-refractivity contribution is 1.03. The Hall–Kier alpha value is -11.2. The van der Waals surface area contributed by atoms with Gasteiger partial charge in [0.05, 0.1) is 12.5 Å². The second kappa shape index (κ2) is 59.5. The Morgan fingerprint density at radius 2 is 0.536 bits per heavy atom. The monoisotopic (exact) mass is 1130 g/mol. The minimum atomic E-state index is 0. The summed E-state index contributed by atoms with van der Waals surface area (Å²) in [5.41, 5.74) is 1.59. The molecule has 3 aromatic carbocycles. The first-order valence-corrected chi connectivity index (χ1v) is 23.4. The van der Waals surface area contributed by atoms with Crippen LogP contribution in [0.4, 0.5) is 0 Å². The van der Waals surface area contributed by atoms with E-state index in [2.05, 4.69) is 109 Å². The maximum Gasteiger partial charge on any atom is 0.180 e. The van der Waals surface area contributed by atoms with E-state index in [0.29, 0.717) is 5.65 Å². The number of H-pyrrole nitrogens is 1. The lowest BCUT2D eigenvalue weighted by Gasteiger charge is -1.91. The molecule has 1 N–H and O–H groups in total. The Kier molecular flexibility index (Phi) is 56.1. The summed E-state index contributed by atoms with van der Waals surface area (Å²) >= 11 is 0. The Morgan fingerprint density at radius 3 is 0.786 bits per heavy atom. The highest BCUT2D eigenvalue weighted by Crippen LogP contribution is 2.10. The summed E-state index contributed by atoms with van der Waals surface area (Å²) in [5, 5.41) is 12.0. The van der Waals surface area contributed by atoms with Crippen molar-refractivity contribution >= 4 is 32.7 Å². The number of imidazole rings is 1. The van der Waals surface area contributed by atoms with E-state index in [0.717, 1.165) is 5.52 Å². The smallest absolute Gasteiger partial charge is 0.180 e. The van der Waals surface area contributed by atoms with E-state index < -0.39 is 0 Å². The summed E-state index contributed by atoms with van der Waals surface area (Å²) in [4.78, 5) is 55.7. The maximum absolute atomic E-state index is 4.01. The second-order valence-electron chi connectivity index (χ2n) is 14.0. The number of benzene rings is 3. The molecule has 17 nitrogen and oxygen atoms in total. The zero-order chi connectivity index (χ0) is 53.7. The summed E-state index contributed by atoms with van der Waals surface area (Å²) in [6.07, 6.45) is 38.6. The molecule has 0 spiro atoms. The number of fused-ring (bicyclic) bond motifs is 3. The van der Waals surface area contributed by atoms with Gasteiger partial charge in [-0.05, 0) is 100 Å². The average Bonchev–Trinajstić information content (AvgIpc) is 4.16. The van der Waals surface area contributed by atoms with Gasteiger partial charge in [-0.25, -0.2) is 39.9 Å². The lowest BCUT2D eigenvalue weighted by atomic mass is 10.2. The van der Waals surface area contributed by atoms with Crippen LogP contribution in [0.5, 0.6) is 0 Å². The third kappa shape index (κ3) is 42.8. The van der Waals surface area contributed by atoms with E-state index in [-0.39, 0.29) is 52.0 Å². The van der Waals surface area contributed by atoms with Gasteiger partial charge < -0.3 is 4.98 Å². The first-order valence-electron chi connectivity index (χ1n) is 23.4. The van der Waals surface area contributed by atoms with Crippen molar-refractivity contribution in [1.29, 1.82) is 0 Å². The van der Waals surface area contributed by atoms with Crippen molar-refractivity contribution in [3.8, 4) is 0 Å². The highest BCUT2D eigenvalue weighted by Gasteiger charge is 1.91. The van der Waals surface area contributed by atoms with Gasteiger partial charge in [-0.2, -0.15) is 10.2 Å². The van der Waals surface area contributed by atoms with E-state index in [1.807, 2.05) is 183 Å². The average molecular weight is 1130 g/mol. The van der Waals surface area contributed by atoms with Crippen LogP contribution in [0.1, 0.15) is 52.0 Å². The SMILES string of the molecule is C.C.C.C.C.C.C.c1ccc2cnccc2c1.c1ccc2cnccc2c1.c1ccccc1.c1ccncc1.c1ccncc1.c1ccncc1.c1ccncc1.c1ccnnc1.c1cncnc1.c1ncc2[nH]cnc2n1.c1ncncn1. The number of hydrogen-bond donors (Lipinski definition) is 1. The van der Waals surface area contributed by atoms with Gasteiger partial charge in [0.1, 0.15) is 37.2 Å². The van der Waals surface area contributed by atoms with Crippen LogP contribution in [0.3, 0.4) is 0 Å². The number of nitrogens with zero attached hydrogens (tertiary/aromatic N) is 16. The summed E-state index contributed by atoms with van der Waals surface area (Å²) in [6, 6.07) is 60.7. The molecule has 11 aromatic heterocycles. The minimum Gasteiger partial charge on any atom is -0.342 e. The largest absolute Gasteiger partial charge is 0.342 e. The molecule has 0 atom stereocenters. The van der Waals surface area contributed by atoms with Crippen LogP contribution >= 0.6 is 0 Å². The predicted octanol–water partition coefficient (Wildman–Crippen LogP) is 16.1. The molecule has 0 aliphatic heterocycles. The quantitative estimate of drug-likeness (QED) is 0.149. The van der Waals surface area contributed by atoms with Crippen LogP contribution in [0.15, 0.2) is 331 Å². The highest BCUT2D eigenvalue weighted by molar-refractivity contribution is 5.81. The standard InChI is InChI=1S/2C9H7N.C6H6.C5H4N4.4C5H5N.2C4H4N2.C3H3N3.7CH4/c2*1-2-4-9-7-10-6-5-8(9)3-1;1-2-4-6-5-3-1;1-4-5(8-2-6-1)9-3-7-4;4*1-2-4-6-5-3-1;1-2-5-4-6-3-1;1-2-4-6-5-3-1;1-4-2-6-3-5-1;;;;;;;/h2*1-7H;1-6H;1-3H,(H,6,7,8,9);4*1-5H;2*1-4H;1-3H;7*1H4. The van der Waals surface area contributed by atoms with Gasteiger partial charge in [-0.15, -0.1) is 0 Å². The summed E-state index contributed by atoms with van der Waals surface area (Å²) < 4.78 is 0. The molecule has 0 fully saturated rings. The fourth-order valence-electron chi connectivity index (χ4n) is 5.09. The van der Waals surface area contributed by atoms with Crippen molar-refractivity contribution in [3.05, 3.63) is 331 Å². The topological polar surface area (TPSA) is 222 Å². The third-order valence-corrected chi connectivity index (χ3v) is 8.49. The van der Waals surface area contributed by atoms with E-state index in [1.165, 1.54) is 53.2 Å². The van der Waals surface area contributed by atoms with Gasteiger partial charge in [-0.1, -0.05) is 161 Å². The van der Waals surface area contributed by atoms with Crippen molar-refractivity contribution in [2.75, 3.05) is 0 Å². The molecule has 14 aromatic rings.